The molecule has 5 heteroatoms. The Labute approximate surface area is 79.3 Å². The van der Waals surface area contributed by atoms with Crippen molar-refractivity contribution in [3.05, 3.63) is 34.1 Å². The summed E-state index contributed by atoms with van der Waals surface area (Å²) in [5, 5.41) is 11.2. The summed E-state index contributed by atoms with van der Waals surface area (Å²) in [4.78, 5) is 10.0. The van der Waals surface area contributed by atoms with Gasteiger partial charge in [0.05, 0.1) is 16.7 Å². The molecule has 0 saturated heterocycles. The van der Waals surface area contributed by atoms with E-state index in [1.54, 1.807) is 13.0 Å². The zero-order valence-electron chi connectivity index (χ0n) is 7.48. The number of aryl methyl sites for hydroxylation is 1. The Kier molecular flexibility index (Phi) is 1.67. The van der Waals surface area contributed by atoms with Crippen LogP contribution in [0.15, 0.2) is 22.6 Å². The molecule has 0 unspecified atom stereocenters. The lowest BCUT2D eigenvalue weighted by molar-refractivity contribution is -0.384. The summed E-state index contributed by atoms with van der Waals surface area (Å²) < 4.78 is 5.26. The van der Waals surface area contributed by atoms with Crippen molar-refractivity contribution < 1.29 is 9.34 Å². The average molecular weight is 192 g/mol. The van der Waals surface area contributed by atoms with E-state index in [2.05, 4.69) is 0 Å². The number of hydrogen-bond acceptors (Lipinski definition) is 4. The first-order valence-electron chi connectivity index (χ1n) is 4.02. The Morgan fingerprint density at radius 2 is 2.21 bits per heavy atom. The molecule has 0 aliphatic rings. The van der Waals surface area contributed by atoms with Crippen LogP contribution in [0.1, 0.15) is 5.76 Å². The Bertz CT molecular complexity index is 516. The number of benzene rings is 1. The average Bonchev–Trinajstić information content (AvgIpc) is 2.42. The topological polar surface area (TPSA) is 82.3 Å². The summed E-state index contributed by atoms with van der Waals surface area (Å²) in [6.07, 6.45) is 0. The molecule has 0 aliphatic heterocycles. The van der Waals surface area contributed by atoms with E-state index in [1.165, 1.54) is 12.1 Å². The number of non-ortho nitro benzene ring substituents is 1. The molecule has 2 rings (SSSR count). The lowest BCUT2D eigenvalue weighted by Crippen LogP contribution is -1.87. The molecule has 0 saturated carbocycles. The first-order valence-corrected chi connectivity index (χ1v) is 4.02. The lowest BCUT2D eigenvalue weighted by atomic mass is 10.2. The fourth-order valence-corrected chi connectivity index (χ4v) is 1.34. The Morgan fingerprint density at radius 3 is 2.86 bits per heavy atom. The van der Waals surface area contributed by atoms with Crippen LogP contribution < -0.4 is 5.73 Å². The van der Waals surface area contributed by atoms with E-state index in [9.17, 15) is 10.1 Å². The molecule has 0 amide bonds. The molecular weight excluding hydrogens is 184 g/mol. The first kappa shape index (κ1) is 8.55. The summed E-state index contributed by atoms with van der Waals surface area (Å²) in [5.41, 5.74) is 6.70. The van der Waals surface area contributed by atoms with Crippen molar-refractivity contribution in [3.8, 4) is 0 Å². The van der Waals surface area contributed by atoms with Crippen LogP contribution in [0, 0.1) is 17.0 Å². The van der Waals surface area contributed by atoms with Gasteiger partial charge < -0.3 is 10.2 Å². The van der Waals surface area contributed by atoms with Crippen LogP contribution in [-0.2, 0) is 0 Å². The standard InChI is InChI=1S/C9H8N2O3/c1-5-9(10)7-3-2-6(11(12)13)4-8(7)14-5/h2-4H,10H2,1H3. The molecule has 1 aromatic heterocycles. The fourth-order valence-electron chi connectivity index (χ4n) is 1.34. The van der Waals surface area contributed by atoms with E-state index >= 15 is 0 Å². The number of anilines is 1. The van der Waals surface area contributed by atoms with E-state index < -0.39 is 4.92 Å². The lowest BCUT2D eigenvalue weighted by Gasteiger charge is -1.90. The minimum absolute atomic E-state index is 0.00579. The monoisotopic (exact) mass is 192 g/mol. The quantitative estimate of drug-likeness (QED) is 0.554. The van der Waals surface area contributed by atoms with Crippen molar-refractivity contribution in [2.24, 2.45) is 0 Å². The van der Waals surface area contributed by atoms with Gasteiger partial charge in [-0.2, -0.15) is 0 Å². The Balaban J connectivity index is 2.73. The molecule has 1 heterocycles. The number of nitro groups is 1. The predicted molar refractivity (Wildman–Crippen MR) is 52.0 cm³/mol. The number of rotatable bonds is 1. The van der Waals surface area contributed by atoms with Crippen LogP contribution in [-0.4, -0.2) is 4.92 Å². The minimum Gasteiger partial charge on any atom is -0.459 e. The van der Waals surface area contributed by atoms with Crippen molar-refractivity contribution in [1.29, 1.82) is 0 Å². The van der Waals surface area contributed by atoms with Gasteiger partial charge in [0.2, 0.25) is 0 Å². The van der Waals surface area contributed by atoms with Crippen molar-refractivity contribution in [2.45, 2.75) is 6.92 Å². The molecule has 0 fully saturated rings. The number of nitrogen functional groups attached to an aromatic ring is 1. The summed E-state index contributed by atoms with van der Waals surface area (Å²) in [6.45, 7) is 1.72. The fraction of sp³-hybridized carbons (Fsp3) is 0.111. The zero-order valence-corrected chi connectivity index (χ0v) is 7.48. The number of fused-ring (bicyclic) bond motifs is 1. The van der Waals surface area contributed by atoms with Crippen LogP contribution >= 0.6 is 0 Å². The molecule has 72 valence electrons. The normalized spacial score (nSPS) is 10.6. The third kappa shape index (κ3) is 1.10. The van der Waals surface area contributed by atoms with Gasteiger partial charge in [-0.1, -0.05) is 0 Å². The largest absolute Gasteiger partial charge is 0.459 e. The van der Waals surface area contributed by atoms with E-state index in [-0.39, 0.29) is 5.69 Å². The number of nitrogens with zero attached hydrogens (tertiary/aromatic N) is 1. The zero-order chi connectivity index (χ0) is 10.3. The van der Waals surface area contributed by atoms with Gasteiger partial charge in [0.25, 0.3) is 5.69 Å². The minimum atomic E-state index is -0.465. The molecule has 0 aliphatic carbocycles. The van der Waals surface area contributed by atoms with E-state index in [1.807, 2.05) is 0 Å². The summed E-state index contributed by atoms with van der Waals surface area (Å²) in [7, 11) is 0. The third-order valence-electron chi connectivity index (χ3n) is 2.11. The number of hydrogen-bond donors (Lipinski definition) is 1. The van der Waals surface area contributed by atoms with Gasteiger partial charge in [0.1, 0.15) is 11.3 Å². The van der Waals surface area contributed by atoms with Crippen LogP contribution in [0.3, 0.4) is 0 Å². The molecule has 14 heavy (non-hydrogen) atoms. The van der Waals surface area contributed by atoms with Crippen LogP contribution in [0.5, 0.6) is 0 Å². The highest BCUT2D eigenvalue weighted by Gasteiger charge is 2.12. The maximum atomic E-state index is 10.5. The molecule has 0 radical (unpaired) electrons. The SMILES string of the molecule is Cc1oc2cc([N+](=O)[O-])ccc2c1N. The predicted octanol–water partition coefficient (Wildman–Crippen LogP) is 2.23. The van der Waals surface area contributed by atoms with Gasteiger partial charge in [-0.3, -0.25) is 10.1 Å². The molecule has 5 nitrogen and oxygen atoms in total. The molecule has 2 N–H and O–H groups in total. The second-order valence-electron chi connectivity index (χ2n) is 3.01. The van der Waals surface area contributed by atoms with Gasteiger partial charge >= 0.3 is 0 Å². The highest BCUT2D eigenvalue weighted by molar-refractivity contribution is 5.92. The maximum Gasteiger partial charge on any atom is 0.273 e. The Hall–Kier alpha value is -2.04. The third-order valence-corrected chi connectivity index (χ3v) is 2.11. The van der Waals surface area contributed by atoms with E-state index in [4.69, 9.17) is 10.2 Å². The highest BCUT2D eigenvalue weighted by atomic mass is 16.6. The van der Waals surface area contributed by atoms with Gasteiger partial charge in [0, 0.05) is 11.5 Å². The van der Waals surface area contributed by atoms with Crippen LogP contribution in [0.4, 0.5) is 11.4 Å². The second-order valence-corrected chi connectivity index (χ2v) is 3.01. The van der Waals surface area contributed by atoms with Gasteiger partial charge in [-0.15, -0.1) is 0 Å². The summed E-state index contributed by atoms with van der Waals surface area (Å²) >= 11 is 0. The smallest absolute Gasteiger partial charge is 0.273 e. The molecular formula is C9H8N2O3. The second kappa shape index (κ2) is 2.73. The molecule has 1 aromatic carbocycles. The summed E-state index contributed by atoms with van der Waals surface area (Å²) in [6, 6.07) is 4.38. The van der Waals surface area contributed by atoms with Gasteiger partial charge in [0.15, 0.2) is 0 Å². The van der Waals surface area contributed by atoms with Crippen LogP contribution in [0.2, 0.25) is 0 Å². The molecule has 0 atom stereocenters. The highest BCUT2D eigenvalue weighted by Crippen LogP contribution is 2.30. The van der Waals surface area contributed by atoms with Crippen LogP contribution in [0.25, 0.3) is 11.0 Å². The maximum absolute atomic E-state index is 10.5. The van der Waals surface area contributed by atoms with Gasteiger partial charge in [-0.05, 0) is 13.0 Å². The van der Waals surface area contributed by atoms with Crippen molar-refractivity contribution in [3.63, 3.8) is 0 Å². The summed E-state index contributed by atoms with van der Waals surface area (Å²) in [5.74, 6) is 0.584. The Morgan fingerprint density at radius 1 is 1.50 bits per heavy atom. The van der Waals surface area contributed by atoms with Crippen molar-refractivity contribution in [1.82, 2.24) is 0 Å². The molecule has 0 bridgehead atoms. The number of furan rings is 1. The number of nitro benzene ring substituents is 1. The van der Waals surface area contributed by atoms with E-state index in [0.717, 1.165) is 0 Å². The number of nitrogens with two attached hydrogens (primary N) is 1. The van der Waals surface area contributed by atoms with E-state index in [0.29, 0.717) is 22.4 Å². The molecule has 0 spiro atoms. The first-order chi connectivity index (χ1) is 6.59. The van der Waals surface area contributed by atoms with Crippen molar-refractivity contribution in [2.75, 3.05) is 5.73 Å². The molecule has 2 aromatic rings. The van der Waals surface area contributed by atoms with Crippen molar-refractivity contribution >= 4 is 22.3 Å². The van der Waals surface area contributed by atoms with Gasteiger partial charge in [-0.25, -0.2) is 0 Å².